The molecule has 2 atom stereocenters. The average Bonchev–Trinajstić information content (AvgIpc) is 2.00. The molecular formula is C13H29N. The summed E-state index contributed by atoms with van der Waals surface area (Å²) in [5, 5.41) is 3.75. The highest BCUT2D eigenvalue weighted by atomic mass is 15.0. The molecule has 0 amide bonds. The number of rotatable bonds is 5. The second-order valence-electron chi connectivity index (χ2n) is 6.11. The van der Waals surface area contributed by atoms with Crippen molar-refractivity contribution in [3.8, 4) is 0 Å². The van der Waals surface area contributed by atoms with Crippen molar-refractivity contribution >= 4 is 0 Å². The van der Waals surface area contributed by atoms with Crippen molar-refractivity contribution in [2.75, 3.05) is 0 Å². The molecule has 0 spiro atoms. The van der Waals surface area contributed by atoms with Crippen LogP contribution >= 0.6 is 0 Å². The van der Waals surface area contributed by atoms with E-state index in [1.807, 2.05) is 0 Å². The highest BCUT2D eigenvalue weighted by Gasteiger charge is 2.28. The third-order valence-electron chi connectivity index (χ3n) is 2.91. The molecule has 0 aromatic rings. The minimum absolute atomic E-state index is 0.299. The molecule has 86 valence electrons. The minimum atomic E-state index is 0.299. The monoisotopic (exact) mass is 199 g/mol. The highest BCUT2D eigenvalue weighted by Crippen LogP contribution is 2.29. The van der Waals surface area contributed by atoms with Gasteiger partial charge in [0.15, 0.2) is 0 Å². The van der Waals surface area contributed by atoms with Crippen LogP contribution in [0.5, 0.6) is 0 Å². The molecule has 0 aromatic heterocycles. The van der Waals surface area contributed by atoms with E-state index in [2.05, 4.69) is 53.8 Å². The quantitative estimate of drug-likeness (QED) is 0.706. The molecule has 0 bridgehead atoms. The van der Waals surface area contributed by atoms with E-state index in [0.717, 1.165) is 0 Å². The van der Waals surface area contributed by atoms with E-state index in [0.29, 0.717) is 17.0 Å². The molecule has 14 heavy (non-hydrogen) atoms. The zero-order chi connectivity index (χ0) is 11.4. The van der Waals surface area contributed by atoms with E-state index >= 15 is 0 Å². The van der Waals surface area contributed by atoms with Gasteiger partial charge in [0.25, 0.3) is 0 Å². The van der Waals surface area contributed by atoms with Crippen molar-refractivity contribution in [2.45, 2.75) is 79.3 Å². The lowest BCUT2D eigenvalue weighted by Crippen LogP contribution is -2.48. The summed E-state index contributed by atoms with van der Waals surface area (Å²) in [4.78, 5) is 0. The van der Waals surface area contributed by atoms with Gasteiger partial charge in [-0.3, -0.25) is 0 Å². The van der Waals surface area contributed by atoms with Crippen molar-refractivity contribution in [2.24, 2.45) is 5.41 Å². The fourth-order valence-corrected chi connectivity index (χ4v) is 2.15. The van der Waals surface area contributed by atoms with Gasteiger partial charge in [-0.05, 0) is 38.5 Å². The van der Waals surface area contributed by atoms with Crippen LogP contribution in [0.2, 0.25) is 0 Å². The van der Waals surface area contributed by atoms with E-state index in [4.69, 9.17) is 0 Å². The van der Waals surface area contributed by atoms with E-state index in [9.17, 15) is 0 Å². The van der Waals surface area contributed by atoms with Crippen molar-refractivity contribution in [1.29, 1.82) is 0 Å². The molecule has 1 heteroatoms. The van der Waals surface area contributed by atoms with Gasteiger partial charge in [-0.2, -0.15) is 0 Å². The second-order valence-corrected chi connectivity index (χ2v) is 6.11. The SMILES string of the molecule is CCC(C)NC(C)(CC)CC(C)(C)C. The Morgan fingerprint density at radius 3 is 1.86 bits per heavy atom. The Bertz CT molecular complexity index is 157. The van der Waals surface area contributed by atoms with Gasteiger partial charge >= 0.3 is 0 Å². The molecule has 0 saturated heterocycles. The largest absolute Gasteiger partial charge is 0.309 e. The molecular weight excluding hydrogens is 170 g/mol. The van der Waals surface area contributed by atoms with Crippen LogP contribution < -0.4 is 5.32 Å². The number of hydrogen-bond acceptors (Lipinski definition) is 1. The maximum Gasteiger partial charge on any atom is 0.0158 e. The van der Waals surface area contributed by atoms with Crippen LogP contribution in [0.15, 0.2) is 0 Å². The highest BCUT2D eigenvalue weighted by molar-refractivity contribution is 4.88. The Kier molecular flexibility index (Phi) is 5.14. The van der Waals surface area contributed by atoms with Crippen LogP contribution in [0.25, 0.3) is 0 Å². The van der Waals surface area contributed by atoms with Crippen LogP contribution in [-0.2, 0) is 0 Å². The van der Waals surface area contributed by atoms with Gasteiger partial charge in [0.2, 0.25) is 0 Å². The molecule has 1 N–H and O–H groups in total. The molecule has 0 fully saturated rings. The zero-order valence-electron chi connectivity index (χ0n) is 11.2. The van der Waals surface area contributed by atoms with Crippen LogP contribution in [0, 0.1) is 5.41 Å². The molecule has 0 aliphatic heterocycles. The molecule has 0 aliphatic carbocycles. The first-order valence-electron chi connectivity index (χ1n) is 6.00. The van der Waals surface area contributed by atoms with Crippen molar-refractivity contribution in [3.05, 3.63) is 0 Å². The van der Waals surface area contributed by atoms with Gasteiger partial charge in [-0.1, -0.05) is 34.6 Å². The Labute approximate surface area is 90.7 Å². The van der Waals surface area contributed by atoms with Gasteiger partial charge in [0.1, 0.15) is 0 Å². The summed E-state index contributed by atoms with van der Waals surface area (Å²) in [7, 11) is 0. The fraction of sp³-hybridized carbons (Fsp3) is 1.00. The van der Waals surface area contributed by atoms with E-state index < -0.39 is 0 Å². The first-order chi connectivity index (χ1) is 6.22. The maximum atomic E-state index is 3.75. The van der Waals surface area contributed by atoms with Gasteiger partial charge in [-0.15, -0.1) is 0 Å². The van der Waals surface area contributed by atoms with Gasteiger partial charge in [0.05, 0.1) is 0 Å². The average molecular weight is 199 g/mol. The lowest BCUT2D eigenvalue weighted by atomic mass is 9.79. The summed E-state index contributed by atoms with van der Waals surface area (Å²) in [6.07, 6.45) is 3.65. The Hall–Kier alpha value is -0.0400. The maximum absolute atomic E-state index is 3.75. The summed E-state index contributed by atoms with van der Waals surface area (Å²) >= 11 is 0. The Morgan fingerprint density at radius 1 is 1.07 bits per heavy atom. The predicted molar refractivity (Wildman–Crippen MR) is 65.7 cm³/mol. The smallest absolute Gasteiger partial charge is 0.0158 e. The van der Waals surface area contributed by atoms with Gasteiger partial charge in [-0.25, -0.2) is 0 Å². The Balaban J connectivity index is 4.32. The number of hydrogen-bond donors (Lipinski definition) is 1. The molecule has 0 saturated carbocycles. The number of nitrogens with one attached hydrogen (secondary N) is 1. The summed E-state index contributed by atoms with van der Waals surface area (Å²) in [5.74, 6) is 0. The molecule has 2 unspecified atom stereocenters. The van der Waals surface area contributed by atoms with Crippen LogP contribution in [0.1, 0.15) is 67.7 Å². The van der Waals surface area contributed by atoms with E-state index in [-0.39, 0.29) is 0 Å². The predicted octanol–water partition coefficient (Wildman–Crippen LogP) is 3.98. The van der Waals surface area contributed by atoms with E-state index in [1.54, 1.807) is 0 Å². The van der Waals surface area contributed by atoms with Crippen LogP contribution in [0.3, 0.4) is 0 Å². The zero-order valence-corrected chi connectivity index (χ0v) is 11.2. The molecule has 0 aromatic carbocycles. The molecule has 1 nitrogen and oxygen atoms in total. The summed E-state index contributed by atoms with van der Waals surface area (Å²) in [6, 6.07) is 0.627. The Morgan fingerprint density at radius 2 is 1.57 bits per heavy atom. The third-order valence-corrected chi connectivity index (χ3v) is 2.91. The van der Waals surface area contributed by atoms with Gasteiger partial charge < -0.3 is 5.32 Å². The molecule has 0 radical (unpaired) electrons. The van der Waals surface area contributed by atoms with Gasteiger partial charge in [0, 0.05) is 11.6 Å². The van der Waals surface area contributed by atoms with Crippen LogP contribution in [-0.4, -0.2) is 11.6 Å². The molecule has 0 heterocycles. The normalized spacial score (nSPS) is 19.1. The third kappa shape index (κ3) is 5.64. The van der Waals surface area contributed by atoms with Crippen molar-refractivity contribution in [3.63, 3.8) is 0 Å². The van der Waals surface area contributed by atoms with E-state index in [1.165, 1.54) is 19.3 Å². The lowest BCUT2D eigenvalue weighted by molar-refractivity contribution is 0.201. The summed E-state index contributed by atoms with van der Waals surface area (Å²) < 4.78 is 0. The lowest BCUT2D eigenvalue weighted by Gasteiger charge is -2.38. The first-order valence-corrected chi connectivity index (χ1v) is 6.00. The topological polar surface area (TPSA) is 12.0 Å². The second kappa shape index (κ2) is 5.16. The standard InChI is InChI=1S/C13H29N/c1-8-11(3)14-13(7,9-2)10-12(4,5)6/h11,14H,8-10H2,1-7H3. The molecule has 0 rings (SSSR count). The summed E-state index contributed by atoms with van der Waals surface area (Å²) in [6.45, 7) is 16.1. The molecule has 0 aliphatic rings. The fourth-order valence-electron chi connectivity index (χ4n) is 2.15. The summed E-state index contributed by atoms with van der Waals surface area (Å²) in [5.41, 5.74) is 0.707. The van der Waals surface area contributed by atoms with Crippen LogP contribution in [0.4, 0.5) is 0 Å². The first kappa shape index (κ1) is 14.0. The van der Waals surface area contributed by atoms with Crippen molar-refractivity contribution in [1.82, 2.24) is 5.32 Å². The van der Waals surface area contributed by atoms with Crippen molar-refractivity contribution < 1.29 is 0 Å². The minimum Gasteiger partial charge on any atom is -0.309 e.